The van der Waals surface area contributed by atoms with Crippen LogP contribution in [0.15, 0.2) is 47.0 Å². The average molecular weight is 456 g/mol. The molecule has 1 atom stereocenters. The highest BCUT2D eigenvalue weighted by atomic mass is 32.1. The summed E-state index contributed by atoms with van der Waals surface area (Å²) in [6, 6.07) is 10.8. The van der Waals surface area contributed by atoms with E-state index in [4.69, 9.17) is 26.1 Å². The molecule has 1 aliphatic rings. The Morgan fingerprint density at radius 1 is 1.25 bits per heavy atom. The quantitative estimate of drug-likeness (QED) is 0.540. The average Bonchev–Trinajstić information content (AvgIpc) is 3.19. The van der Waals surface area contributed by atoms with Gasteiger partial charge in [-0.05, 0) is 55.9 Å². The number of methoxy groups -OCH3 is 2. The van der Waals surface area contributed by atoms with E-state index in [0.717, 1.165) is 19.4 Å². The van der Waals surface area contributed by atoms with Crippen LogP contribution in [-0.2, 0) is 11.5 Å². The van der Waals surface area contributed by atoms with Gasteiger partial charge in [-0.2, -0.15) is 0 Å². The van der Waals surface area contributed by atoms with E-state index in [1.54, 1.807) is 37.2 Å². The lowest BCUT2D eigenvalue weighted by Crippen LogP contribution is -2.41. The Morgan fingerprint density at radius 3 is 2.72 bits per heavy atom. The third kappa shape index (κ3) is 5.14. The highest BCUT2D eigenvalue weighted by Crippen LogP contribution is 2.29. The van der Waals surface area contributed by atoms with Crippen LogP contribution in [-0.4, -0.2) is 52.9 Å². The SMILES string of the molecule is COc1cc(OC)cc(-c2nn(CN3CCC[C@@H](C(=O)Nc4ccccn4)C3)c(=S)o2)c1. The number of nitrogens with one attached hydrogen (secondary N) is 1. The van der Waals surface area contributed by atoms with Crippen molar-refractivity contribution in [3.63, 3.8) is 0 Å². The molecule has 1 amide bonds. The number of benzene rings is 1. The number of nitrogens with zero attached hydrogens (tertiary/aromatic N) is 4. The van der Waals surface area contributed by atoms with E-state index < -0.39 is 0 Å². The first-order chi connectivity index (χ1) is 15.6. The minimum atomic E-state index is -0.131. The van der Waals surface area contributed by atoms with Gasteiger partial charge < -0.3 is 19.2 Å². The van der Waals surface area contributed by atoms with Crippen LogP contribution in [0.2, 0.25) is 0 Å². The Bertz CT molecular complexity index is 1110. The van der Waals surface area contributed by atoms with Gasteiger partial charge in [0.2, 0.25) is 11.8 Å². The van der Waals surface area contributed by atoms with Crippen LogP contribution < -0.4 is 14.8 Å². The van der Waals surface area contributed by atoms with Crippen molar-refractivity contribution in [2.24, 2.45) is 5.92 Å². The van der Waals surface area contributed by atoms with Gasteiger partial charge in [-0.25, -0.2) is 9.67 Å². The van der Waals surface area contributed by atoms with Gasteiger partial charge in [0.15, 0.2) is 0 Å². The number of rotatable bonds is 7. The van der Waals surface area contributed by atoms with Crippen LogP contribution in [0.25, 0.3) is 11.5 Å². The van der Waals surface area contributed by atoms with Gasteiger partial charge in [0.1, 0.15) is 17.3 Å². The molecule has 1 saturated heterocycles. The molecule has 0 saturated carbocycles. The zero-order valence-electron chi connectivity index (χ0n) is 18.0. The summed E-state index contributed by atoms with van der Waals surface area (Å²) in [6.07, 6.45) is 3.39. The Balaban J connectivity index is 1.45. The van der Waals surface area contributed by atoms with Crippen molar-refractivity contribution in [2.75, 3.05) is 32.6 Å². The van der Waals surface area contributed by atoms with E-state index >= 15 is 0 Å². The summed E-state index contributed by atoms with van der Waals surface area (Å²) >= 11 is 5.39. The van der Waals surface area contributed by atoms with Gasteiger partial charge >= 0.3 is 0 Å². The number of aromatic nitrogens is 3. The molecule has 0 radical (unpaired) electrons. The molecule has 2 aromatic heterocycles. The third-order valence-corrected chi connectivity index (χ3v) is 5.63. The largest absolute Gasteiger partial charge is 0.497 e. The molecule has 3 heterocycles. The Morgan fingerprint density at radius 2 is 2.03 bits per heavy atom. The number of carbonyl (C=O) groups is 1. The van der Waals surface area contributed by atoms with Gasteiger partial charge in [-0.15, -0.1) is 5.10 Å². The second-order valence-corrected chi connectivity index (χ2v) is 7.89. The molecule has 1 N–H and O–H groups in total. The second-order valence-electron chi connectivity index (χ2n) is 7.54. The number of ether oxygens (including phenoxy) is 2. The second kappa shape index (κ2) is 9.92. The van der Waals surface area contributed by atoms with Crippen LogP contribution in [0, 0.1) is 10.8 Å². The number of piperidine rings is 1. The van der Waals surface area contributed by atoms with Gasteiger partial charge in [0.25, 0.3) is 4.84 Å². The highest BCUT2D eigenvalue weighted by molar-refractivity contribution is 7.71. The number of likely N-dealkylation sites (tertiary alicyclic amines) is 1. The molecule has 0 spiro atoms. The summed E-state index contributed by atoms with van der Waals surface area (Å²) < 4.78 is 18.0. The molecular weight excluding hydrogens is 430 g/mol. The van der Waals surface area contributed by atoms with Crippen LogP contribution in [0.5, 0.6) is 11.5 Å². The fraction of sp³-hybridized carbons (Fsp3) is 0.364. The molecule has 0 unspecified atom stereocenters. The van der Waals surface area contributed by atoms with Crippen molar-refractivity contribution in [3.8, 4) is 23.0 Å². The summed E-state index contributed by atoms with van der Waals surface area (Å²) in [7, 11) is 3.17. The van der Waals surface area contributed by atoms with Crippen LogP contribution in [0.3, 0.4) is 0 Å². The normalized spacial score (nSPS) is 16.5. The molecule has 3 aromatic rings. The van der Waals surface area contributed by atoms with Gasteiger partial charge in [0.05, 0.1) is 26.8 Å². The van der Waals surface area contributed by atoms with Crippen molar-refractivity contribution < 1.29 is 18.7 Å². The summed E-state index contributed by atoms with van der Waals surface area (Å²) in [6.45, 7) is 1.90. The van der Waals surface area contributed by atoms with E-state index in [-0.39, 0.29) is 16.7 Å². The number of amides is 1. The van der Waals surface area contributed by atoms with Crippen molar-refractivity contribution in [1.29, 1.82) is 0 Å². The Kier molecular flexibility index (Phi) is 6.81. The van der Waals surface area contributed by atoms with Crippen molar-refractivity contribution in [3.05, 3.63) is 47.4 Å². The highest BCUT2D eigenvalue weighted by Gasteiger charge is 2.27. The first-order valence-electron chi connectivity index (χ1n) is 10.3. The molecular formula is C22H25N5O4S. The lowest BCUT2D eigenvalue weighted by Gasteiger charge is -2.31. The number of anilines is 1. The van der Waals surface area contributed by atoms with Crippen LogP contribution in [0.1, 0.15) is 12.8 Å². The molecule has 32 heavy (non-hydrogen) atoms. The molecule has 1 aliphatic heterocycles. The van der Waals surface area contributed by atoms with Crippen molar-refractivity contribution >= 4 is 23.9 Å². The zero-order valence-corrected chi connectivity index (χ0v) is 18.8. The van der Waals surface area contributed by atoms with E-state index in [2.05, 4.69) is 20.3 Å². The Labute approximate surface area is 191 Å². The first-order valence-corrected chi connectivity index (χ1v) is 10.7. The number of pyridine rings is 1. The predicted molar refractivity (Wildman–Crippen MR) is 121 cm³/mol. The molecule has 10 heteroatoms. The predicted octanol–water partition coefficient (Wildman–Crippen LogP) is 3.59. The third-order valence-electron chi connectivity index (χ3n) is 5.33. The smallest absolute Gasteiger partial charge is 0.288 e. The number of hydrogen-bond acceptors (Lipinski definition) is 8. The summed E-state index contributed by atoms with van der Waals surface area (Å²) in [5, 5.41) is 7.44. The van der Waals surface area contributed by atoms with E-state index in [0.29, 0.717) is 42.0 Å². The maximum absolute atomic E-state index is 12.7. The molecule has 0 aliphatic carbocycles. The fourth-order valence-electron chi connectivity index (χ4n) is 3.70. The van der Waals surface area contributed by atoms with Gasteiger partial charge in [0, 0.05) is 24.4 Å². The minimum absolute atomic E-state index is 0.0266. The first kappa shape index (κ1) is 22.0. The molecule has 168 valence electrons. The zero-order chi connectivity index (χ0) is 22.5. The maximum atomic E-state index is 12.7. The maximum Gasteiger partial charge on any atom is 0.288 e. The lowest BCUT2D eigenvalue weighted by molar-refractivity contribution is -0.121. The fourth-order valence-corrected chi connectivity index (χ4v) is 3.87. The number of hydrogen-bond donors (Lipinski definition) is 1. The van der Waals surface area contributed by atoms with E-state index in [1.165, 1.54) is 0 Å². The molecule has 1 fully saturated rings. The van der Waals surface area contributed by atoms with Gasteiger partial charge in [-0.1, -0.05) is 6.07 Å². The molecule has 4 rings (SSSR count). The minimum Gasteiger partial charge on any atom is -0.497 e. The van der Waals surface area contributed by atoms with Crippen LogP contribution in [0.4, 0.5) is 5.82 Å². The van der Waals surface area contributed by atoms with E-state index in [1.807, 2.05) is 24.3 Å². The number of carbonyl (C=O) groups excluding carboxylic acids is 1. The summed E-state index contributed by atoms with van der Waals surface area (Å²) in [4.78, 5) is 19.3. The molecule has 9 nitrogen and oxygen atoms in total. The van der Waals surface area contributed by atoms with Crippen molar-refractivity contribution in [2.45, 2.75) is 19.5 Å². The summed E-state index contributed by atoms with van der Waals surface area (Å²) in [5.74, 6) is 2.05. The van der Waals surface area contributed by atoms with Crippen LogP contribution >= 0.6 is 12.2 Å². The van der Waals surface area contributed by atoms with Gasteiger partial charge in [-0.3, -0.25) is 9.69 Å². The standard InChI is InChI=1S/C22H25N5O4S/c1-29-17-10-16(11-18(12-17)30-2)21-25-27(22(32)31-21)14-26-9-5-6-15(13-26)20(28)24-19-7-3-4-8-23-19/h3-4,7-8,10-12,15H,5-6,9,13-14H2,1-2H3,(H,23,24,28)/t15-/m1/s1. The molecule has 1 aromatic carbocycles. The lowest BCUT2D eigenvalue weighted by atomic mass is 9.97. The monoisotopic (exact) mass is 455 g/mol. The van der Waals surface area contributed by atoms with Crippen molar-refractivity contribution in [1.82, 2.24) is 19.7 Å². The summed E-state index contributed by atoms with van der Waals surface area (Å²) in [5.41, 5.74) is 0.706. The molecule has 0 bridgehead atoms. The van der Waals surface area contributed by atoms with E-state index in [9.17, 15) is 4.79 Å². The Hall–Kier alpha value is -3.24. The topological polar surface area (TPSA) is 94.7 Å².